The molecule has 0 fully saturated rings. The van der Waals surface area contributed by atoms with Gasteiger partial charge in [-0.1, -0.05) is 25.5 Å². The molecule has 1 aromatic carbocycles. The molecule has 1 aromatic rings. The Labute approximate surface area is 109 Å². The van der Waals surface area contributed by atoms with Crippen molar-refractivity contribution in [3.63, 3.8) is 0 Å². The summed E-state index contributed by atoms with van der Waals surface area (Å²) in [6.07, 6.45) is 1.50. The fourth-order valence-corrected chi connectivity index (χ4v) is 3.21. The van der Waals surface area contributed by atoms with Gasteiger partial charge < -0.3 is 0 Å². The molecule has 0 aromatic heterocycles. The van der Waals surface area contributed by atoms with E-state index in [1.54, 1.807) is 26.1 Å². The van der Waals surface area contributed by atoms with Crippen LogP contribution in [0.2, 0.25) is 0 Å². The number of halogens is 1. The van der Waals surface area contributed by atoms with Gasteiger partial charge in [-0.2, -0.15) is 4.31 Å². The molecular weight excluding hydrogens is 253 g/mol. The summed E-state index contributed by atoms with van der Waals surface area (Å²) < 4.78 is 38.2. The van der Waals surface area contributed by atoms with Gasteiger partial charge in [0, 0.05) is 13.1 Å². The van der Waals surface area contributed by atoms with E-state index in [0.717, 1.165) is 12.0 Å². The topological polar surface area (TPSA) is 37.4 Å². The van der Waals surface area contributed by atoms with Crippen molar-refractivity contribution in [1.29, 1.82) is 0 Å². The first-order valence-electron chi connectivity index (χ1n) is 6.09. The molecule has 0 spiro atoms. The van der Waals surface area contributed by atoms with Gasteiger partial charge in [-0.3, -0.25) is 0 Å². The third-order valence-electron chi connectivity index (χ3n) is 3.09. The van der Waals surface area contributed by atoms with Crippen molar-refractivity contribution in [3.05, 3.63) is 35.6 Å². The summed E-state index contributed by atoms with van der Waals surface area (Å²) in [4.78, 5) is 0. The zero-order chi connectivity index (χ0) is 13.8. The highest BCUT2D eigenvalue weighted by atomic mass is 32.2. The van der Waals surface area contributed by atoms with Crippen LogP contribution in [0.4, 0.5) is 4.39 Å². The summed E-state index contributed by atoms with van der Waals surface area (Å²) >= 11 is 0. The third kappa shape index (κ3) is 3.78. The van der Waals surface area contributed by atoms with Crippen LogP contribution in [0.1, 0.15) is 38.3 Å². The molecule has 0 amide bonds. The molecule has 3 nitrogen and oxygen atoms in total. The summed E-state index contributed by atoms with van der Waals surface area (Å²) in [6, 6.07) is 5.64. The Hall–Kier alpha value is -0.940. The van der Waals surface area contributed by atoms with E-state index in [2.05, 4.69) is 0 Å². The molecule has 0 bridgehead atoms. The molecule has 1 rings (SSSR count). The van der Waals surface area contributed by atoms with Crippen molar-refractivity contribution < 1.29 is 12.8 Å². The van der Waals surface area contributed by atoms with Crippen LogP contribution >= 0.6 is 0 Å². The lowest BCUT2D eigenvalue weighted by Crippen LogP contribution is -2.31. The van der Waals surface area contributed by atoms with E-state index in [4.69, 9.17) is 0 Å². The maximum Gasteiger partial charge on any atom is 0.214 e. The molecule has 0 aliphatic rings. The third-order valence-corrected chi connectivity index (χ3v) is 5.09. The van der Waals surface area contributed by atoms with Gasteiger partial charge in [0.15, 0.2) is 0 Å². The fourth-order valence-electron chi connectivity index (χ4n) is 1.66. The summed E-state index contributed by atoms with van der Waals surface area (Å²) in [7, 11) is -1.67. The molecule has 0 saturated carbocycles. The second kappa shape index (κ2) is 6.29. The molecule has 0 aliphatic heterocycles. The predicted molar refractivity (Wildman–Crippen MR) is 71.3 cm³/mol. The Morgan fingerprint density at radius 3 is 2.33 bits per heavy atom. The van der Waals surface area contributed by atoms with Crippen LogP contribution in [-0.2, 0) is 10.0 Å². The summed E-state index contributed by atoms with van der Waals surface area (Å²) in [6.45, 7) is 3.76. The predicted octanol–water partition coefficient (Wildman–Crippen LogP) is 2.95. The van der Waals surface area contributed by atoms with Gasteiger partial charge in [0.2, 0.25) is 10.0 Å². The van der Waals surface area contributed by atoms with Crippen LogP contribution < -0.4 is 0 Å². The minimum Gasteiger partial charge on any atom is -0.212 e. The lowest BCUT2D eigenvalue weighted by atomic mass is 10.1. The van der Waals surface area contributed by atoms with E-state index in [1.165, 1.54) is 16.4 Å². The summed E-state index contributed by atoms with van der Waals surface area (Å²) in [5, 5.41) is 0. The van der Waals surface area contributed by atoms with E-state index in [0.29, 0.717) is 6.42 Å². The highest BCUT2D eigenvalue weighted by Gasteiger charge is 2.23. The SMILES string of the molecule is CCCCS(=O)(=O)N(C)[C@H](C)c1ccc(F)cc1. The average Bonchev–Trinajstić information content (AvgIpc) is 2.35. The number of benzene rings is 1. The van der Waals surface area contributed by atoms with E-state index in [-0.39, 0.29) is 17.6 Å². The molecule has 5 heteroatoms. The van der Waals surface area contributed by atoms with E-state index in [9.17, 15) is 12.8 Å². The fraction of sp³-hybridized carbons (Fsp3) is 0.538. The number of sulfonamides is 1. The van der Waals surface area contributed by atoms with Crippen molar-refractivity contribution in [1.82, 2.24) is 4.31 Å². The van der Waals surface area contributed by atoms with Gasteiger partial charge >= 0.3 is 0 Å². The van der Waals surface area contributed by atoms with Gasteiger partial charge in [-0.05, 0) is 31.0 Å². The number of hydrogen-bond acceptors (Lipinski definition) is 2. The molecule has 0 aliphatic carbocycles. The zero-order valence-corrected chi connectivity index (χ0v) is 11.9. The zero-order valence-electron chi connectivity index (χ0n) is 11.1. The van der Waals surface area contributed by atoms with Crippen LogP contribution in [-0.4, -0.2) is 25.5 Å². The standard InChI is InChI=1S/C13H20FNO2S/c1-4-5-10-18(16,17)15(3)11(2)12-6-8-13(14)9-7-12/h6-9,11H,4-5,10H2,1-3H3/t11-/m1/s1. The highest BCUT2D eigenvalue weighted by Crippen LogP contribution is 2.22. The minimum absolute atomic E-state index is 0.158. The van der Waals surface area contributed by atoms with Crippen LogP contribution in [0, 0.1) is 5.82 Å². The number of rotatable bonds is 6. The maximum absolute atomic E-state index is 12.8. The lowest BCUT2D eigenvalue weighted by Gasteiger charge is -2.24. The second-order valence-electron chi connectivity index (χ2n) is 4.41. The van der Waals surface area contributed by atoms with Crippen molar-refractivity contribution in [2.24, 2.45) is 0 Å². The van der Waals surface area contributed by atoms with Gasteiger partial charge in [0.25, 0.3) is 0 Å². The van der Waals surface area contributed by atoms with Gasteiger partial charge in [0.1, 0.15) is 5.82 Å². The normalized spacial score (nSPS) is 13.8. The Bertz CT molecular complexity index is 470. The minimum atomic E-state index is -3.24. The van der Waals surface area contributed by atoms with Gasteiger partial charge in [0.05, 0.1) is 5.75 Å². The van der Waals surface area contributed by atoms with Crippen molar-refractivity contribution >= 4 is 10.0 Å². The molecule has 0 saturated heterocycles. The van der Waals surface area contributed by atoms with Gasteiger partial charge in [-0.15, -0.1) is 0 Å². The monoisotopic (exact) mass is 273 g/mol. The Morgan fingerprint density at radius 1 is 1.28 bits per heavy atom. The highest BCUT2D eigenvalue weighted by molar-refractivity contribution is 7.89. The first-order valence-corrected chi connectivity index (χ1v) is 7.70. The molecular formula is C13H20FNO2S. The van der Waals surface area contributed by atoms with Gasteiger partial charge in [-0.25, -0.2) is 12.8 Å². The molecule has 102 valence electrons. The molecule has 0 N–H and O–H groups in total. The molecule has 0 unspecified atom stereocenters. The largest absolute Gasteiger partial charge is 0.214 e. The van der Waals surface area contributed by atoms with E-state index < -0.39 is 10.0 Å². The Balaban J connectivity index is 2.83. The first-order chi connectivity index (χ1) is 8.38. The van der Waals surface area contributed by atoms with E-state index >= 15 is 0 Å². The molecule has 0 heterocycles. The summed E-state index contributed by atoms with van der Waals surface area (Å²) in [5.41, 5.74) is 0.791. The first kappa shape index (κ1) is 15.1. The summed E-state index contributed by atoms with van der Waals surface area (Å²) in [5.74, 6) is -0.159. The second-order valence-corrected chi connectivity index (χ2v) is 6.56. The maximum atomic E-state index is 12.8. The van der Waals surface area contributed by atoms with Crippen molar-refractivity contribution in [2.75, 3.05) is 12.8 Å². The van der Waals surface area contributed by atoms with Crippen molar-refractivity contribution in [2.45, 2.75) is 32.7 Å². The molecule has 1 atom stereocenters. The quantitative estimate of drug-likeness (QED) is 0.799. The number of hydrogen-bond donors (Lipinski definition) is 0. The van der Waals surface area contributed by atoms with Crippen LogP contribution in [0.15, 0.2) is 24.3 Å². The molecule has 0 radical (unpaired) electrons. The molecule has 18 heavy (non-hydrogen) atoms. The Kier molecular flexibility index (Phi) is 5.28. The number of nitrogens with zero attached hydrogens (tertiary/aromatic N) is 1. The lowest BCUT2D eigenvalue weighted by molar-refractivity contribution is 0.397. The van der Waals surface area contributed by atoms with E-state index in [1.807, 2.05) is 6.92 Å². The number of unbranched alkanes of at least 4 members (excludes halogenated alkanes) is 1. The van der Waals surface area contributed by atoms with Crippen LogP contribution in [0.3, 0.4) is 0 Å². The van der Waals surface area contributed by atoms with Crippen molar-refractivity contribution in [3.8, 4) is 0 Å². The Morgan fingerprint density at radius 2 is 1.83 bits per heavy atom. The average molecular weight is 273 g/mol. The van der Waals surface area contributed by atoms with Crippen LogP contribution in [0.5, 0.6) is 0 Å². The van der Waals surface area contributed by atoms with Crippen LogP contribution in [0.25, 0.3) is 0 Å². The smallest absolute Gasteiger partial charge is 0.212 e.